The van der Waals surface area contributed by atoms with Crippen molar-refractivity contribution in [3.63, 3.8) is 0 Å². The SMILES string of the molecule is COC(=O)C1=c2cc(O)c(C(=O)c3cccc(C(F)(F)F)c3)cc2=C1. The highest BCUT2D eigenvalue weighted by atomic mass is 19.4. The third kappa shape index (κ3) is 2.88. The minimum atomic E-state index is -4.57. The summed E-state index contributed by atoms with van der Waals surface area (Å²) in [6.45, 7) is 0. The number of hydrogen-bond donors (Lipinski definition) is 1. The molecule has 1 aliphatic rings. The van der Waals surface area contributed by atoms with E-state index in [1.807, 2.05) is 0 Å². The number of fused-ring (bicyclic) bond motifs is 1. The van der Waals surface area contributed by atoms with Crippen LogP contribution in [0.4, 0.5) is 13.2 Å². The molecule has 0 aliphatic heterocycles. The third-order valence-electron chi connectivity index (χ3n) is 3.86. The van der Waals surface area contributed by atoms with Crippen molar-refractivity contribution in [1.82, 2.24) is 0 Å². The lowest BCUT2D eigenvalue weighted by molar-refractivity contribution is -0.137. The number of carbonyl (C=O) groups is 2. The van der Waals surface area contributed by atoms with Crippen LogP contribution in [0.3, 0.4) is 0 Å². The molecular weight excluding hydrogens is 337 g/mol. The van der Waals surface area contributed by atoms with E-state index < -0.39 is 29.2 Å². The second-order valence-corrected chi connectivity index (χ2v) is 5.41. The van der Waals surface area contributed by atoms with Gasteiger partial charge in [0.15, 0.2) is 5.78 Å². The molecule has 0 saturated carbocycles. The number of aromatic hydroxyl groups is 1. The Morgan fingerprint density at radius 2 is 1.84 bits per heavy atom. The Bertz CT molecular complexity index is 1020. The van der Waals surface area contributed by atoms with Crippen molar-refractivity contribution in [1.29, 1.82) is 0 Å². The second-order valence-electron chi connectivity index (χ2n) is 5.41. The van der Waals surface area contributed by atoms with Gasteiger partial charge in [-0.3, -0.25) is 4.79 Å². The van der Waals surface area contributed by atoms with Crippen molar-refractivity contribution < 1.29 is 32.6 Å². The Kier molecular flexibility index (Phi) is 3.87. The molecule has 4 nitrogen and oxygen atoms in total. The standard InChI is InChI=1S/C18H11F3O4/c1-25-17(24)13-6-10-7-14(15(22)8-12(10)13)16(23)9-3-2-4-11(5-9)18(19,20)21/h2-8,22H,1H3. The number of alkyl halides is 3. The van der Waals surface area contributed by atoms with E-state index in [1.165, 1.54) is 31.4 Å². The Morgan fingerprint density at radius 1 is 1.12 bits per heavy atom. The quantitative estimate of drug-likeness (QED) is 0.678. The number of carbonyl (C=O) groups excluding carboxylic acids is 2. The summed E-state index contributed by atoms with van der Waals surface area (Å²) in [5.41, 5.74) is -1.03. The van der Waals surface area contributed by atoms with Crippen LogP contribution < -0.4 is 10.4 Å². The topological polar surface area (TPSA) is 63.6 Å². The normalized spacial score (nSPS) is 12.7. The summed E-state index contributed by atoms with van der Waals surface area (Å²) >= 11 is 0. The van der Waals surface area contributed by atoms with Gasteiger partial charge < -0.3 is 9.84 Å². The van der Waals surface area contributed by atoms with Gasteiger partial charge in [0, 0.05) is 5.56 Å². The van der Waals surface area contributed by atoms with Gasteiger partial charge in [0.05, 0.1) is 23.8 Å². The van der Waals surface area contributed by atoms with Crippen LogP contribution in [0, 0.1) is 0 Å². The molecule has 128 valence electrons. The zero-order valence-corrected chi connectivity index (χ0v) is 12.8. The molecule has 0 unspecified atom stereocenters. The van der Waals surface area contributed by atoms with Gasteiger partial charge in [0.25, 0.3) is 0 Å². The van der Waals surface area contributed by atoms with Gasteiger partial charge in [0.1, 0.15) is 5.75 Å². The molecule has 0 fully saturated rings. The molecule has 7 heteroatoms. The molecular formula is C18H11F3O4. The highest BCUT2D eigenvalue weighted by Crippen LogP contribution is 2.30. The van der Waals surface area contributed by atoms with Crippen LogP contribution in [0.25, 0.3) is 11.6 Å². The second kappa shape index (κ2) is 5.77. The fourth-order valence-electron chi connectivity index (χ4n) is 2.57. The maximum Gasteiger partial charge on any atom is 0.416 e. The largest absolute Gasteiger partial charge is 0.507 e. The van der Waals surface area contributed by atoms with Crippen molar-refractivity contribution in [2.75, 3.05) is 7.11 Å². The van der Waals surface area contributed by atoms with E-state index in [2.05, 4.69) is 4.74 Å². The van der Waals surface area contributed by atoms with Crippen molar-refractivity contribution >= 4 is 23.4 Å². The van der Waals surface area contributed by atoms with Gasteiger partial charge in [-0.05, 0) is 40.8 Å². The van der Waals surface area contributed by atoms with E-state index in [-0.39, 0.29) is 16.7 Å². The Labute approximate surface area is 139 Å². The zero-order chi connectivity index (χ0) is 18.4. The molecule has 0 spiro atoms. The molecule has 0 radical (unpaired) electrons. The number of phenols is 1. The molecule has 1 N–H and O–H groups in total. The van der Waals surface area contributed by atoms with E-state index >= 15 is 0 Å². The van der Waals surface area contributed by atoms with Gasteiger partial charge >= 0.3 is 12.1 Å². The number of hydrogen-bond acceptors (Lipinski definition) is 4. The molecule has 0 atom stereocenters. The lowest BCUT2D eigenvalue weighted by Gasteiger charge is -2.12. The lowest BCUT2D eigenvalue weighted by atomic mass is 9.94. The number of ketones is 1. The van der Waals surface area contributed by atoms with Crippen LogP contribution in [0.15, 0.2) is 36.4 Å². The summed E-state index contributed by atoms with van der Waals surface area (Å²) in [7, 11) is 1.21. The molecule has 25 heavy (non-hydrogen) atoms. The number of rotatable bonds is 3. The van der Waals surface area contributed by atoms with Gasteiger partial charge in [-0.2, -0.15) is 13.2 Å². The van der Waals surface area contributed by atoms with Crippen LogP contribution >= 0.6 is 0 Å². The van der Waals surface area contributed by atoms with E-state index in [1.54, 1.807) is 0 Å². The monoisotopic (exact) mass is 348 g/mol. The number of phenolic OH excluding ortho intramolecular Hbond substituents is 1. The Hall–Kier alpha value is -3.09. The van der Waals surface area contributed by atoms with Crippen LogP contribution in [0.5, 0.6) is 5.75 Å². The number of ether oxygens (including phenoxy) is 1. The van der Waals surface area contributed by atoms with Crippen molar-refractivity contribution in [2.45, 2.75) is 6.18 Å². The first kappa shape index (κ1) is 16.8. The zero-order valence-electron chi connectivity index (χ0n) is 12.8. The molecule has 0 saturated heterocycles. The van der Waals surface area contributed by atoms with Crippen LogP contribution in [0.1, 0.15) is 21.5 Å². The Morgan fingerprint density at radius 3 is 2.48 bits per heavy atom. The van der Waals surface area contributed by atoms with Crippen molar-refractivity contribution in [3.05, 3.63) is 63.5 Å². The Balaban J connectivity index is 2.04. The molecule has 0 aromatic heterocycles. The summed E-state index contributed by atoms with van der Waals surface area (Å²) in [6.07, 6.45) is -3.10. The minimum Gasteiger partial charge on any atom is -0.507 e. The molecule has 2 aromatic carbocycles. The molecule has 2 aromatic rings. The first-order valence-electron chi connectivity index (χ1n) is 7.11. The fourth-order valence-corrected chi connectivity index (χ4v) is 2.57. The number of esters is 1. The molecule has 3 rings (SSSR count). The number of halogens is 3. The highest BCUT2D eigenvalue weighted by molar-refractivity contribution is 6.23. The highest BCUT2D eigenvalue weighted by Gasteiger charge is 2.31. The van der Waals surface area contributed by atoms with Crippen molar-refractivity contribution in [2.24, 2.45) is 0 Å². The first-order chi connectivity index (χ1) is 11.7. The first-order valence-corrected chi connectivity index (χ1v) is 7.11. The van der Waals surface area contributed by atoms with Gasteiger partial charge in [-0.15, -0.1) is 0 Å². The molecule has 1 aliphatic carbocycles. The third-order valence-corrected chi connectivity index (χ3v) is 3.86. The lowest BCUT2D eigenvalue weighted by Crippen LogP contribution is -2.38. The summed E-state index contributed by atoms with van der Waals surface area (Å²) in [5.74, 6) is -1.74. The predicted molar refractivity (Wildman–Crippen MR) is 82.1 cm³/mol. The summed E-state index contributed by atoms with van der Waals surface area (Å²) in [4.78, 5) is 24.0. The summed E-state index contributed by atoms with van der Waals surface area (Å²) < 4.78 is 42.9. The summed E-state index contributed by atoms with van der Waals surface area (Å²) in [5, 5.41) is 11.0. The fraction of sp³-hybridized carbons (Fsp3) is 0.111. The van der Waals surface area contributed by atoms with E-state index in [4.69, 9.17) is 0 Å². The smallest absolute Gasteiger partial charge is 0.416 e. The van der Waals surface area contributed by atoms with E-state index in [0.29, 0.717) is 10.4 Å². The molecule has 0 amide bonds. The summed E-state index contributed by atoms with van der Waals surface area (Å²) in [6, 6.07) is 6.52. The average Bonchev–Trinajstić information content (AvgIpc) is 2.56. The molecule has 0 heterocycles. The van der Waals surface area contributed by atoms with Gasteiger partial charge in [-0.25, -0.2) is 4.79 Å². The van der Waals surface area contributed by atoms with Gasteiger partial charge in [0.2, 0.25) is 0 Å². The van der Waals surface area contributed by atoms with Crippen molar-refractivity contribution in [3.8, 4) is 5.75 Å². The predicted octanol–water partition coefficient (Wildman–Crippen LogP) is 1.76. The van der Waals surface area contributed by atoms with E-state index in [9.17, 15) is 27.9 Å². The van der Waals surface area contributed by atoms with Crippen LogP contribution in [-0.2, 0) is 15.7 Å². The minimum absolute atomic E-state index is 0.141. The number of benzene rings is 2. The maximum absolute atomic E-state index is 12.8. The average molecular weight is 348 g/mol. The molecule has 0 bridgehead atoms. The van der Waals surface area contributed by atoms with Gasteiger partial charge in [-0.1, -0.05) is 12.1 Å². The maximum atomic E-state index is 12.8. The van der Waals surface area contributed by atoms with E-state index in [0.717, 1.165) is 18.2 Å². The van der Waals surface area contributed by atoms with Crippen LogP contribution in [-0.4, -0.2) is 24.0 Å². The van der Waals surface area contributed by atoms with Crippen LogP contribution in [0.2, 0.25) is 0 Å². The number of methoxy groups -OCH3 is 1.